The molecule has 2 aromatic rings. The minimum Gasteiger partial charge on any atom is -0.493 e. The van der Waals surface area contributed by atoms with E-state index in [4.69, 9.17) is 32.7 Å². The third kappa shape index (κ3) is 3.24. The zero-order valence-electron chi connectivity index (χ0n) is 10.7. The molecule has 0 N–H and O–H groups in total. The summed E-state index contributed by atoms with van der Waals surface area (Å²) >= 11 is 12.0. The van der Waals surface area contributed by atoms with Crippen LogP contribution in [0, 0.1) is 0 Å². The molecule has 0 aliphatic heterocycles. The Labute approximate surface area is 127 Å². The van der Waals surface area contributed by atoms with Crippen molar-refractivity contribution in [1.82, 2.24) is 0 Å². The van der Waals surface area contributed by atoms with Crippen molar-refractivity contribution in [3.63, 3.8) is 0 Å². The molecular weight excluding hydrogens is 299 g/mol. The Hall–Kier alpha value is -1.71. The number of rotatable bonds is 5. The van der Waals surface area contributed by atoms with E-state index in [1.165, 1.54) is 7.11 Å². The summed E-state index contributed by atoms with van der Waals surface area (Å²) in [4.78, 5) is 10.8. The molecule has 0 aliphatic rings. The monoisotopic (exact) mass is 310 g/mol. The summed E-state index contributed by atoms with van der Waals surface area (Å²) in [5.41, 5.74) is 1.27. The lowest BCUT2D eigenvalue weighted by Crippen LogP contribution is -1.99. The minimum atomic E-state index is 0.234. The van der Waals surface area contributed by atoms with E-state index in [9.17, 15) is 4.79 Å². The van der Waals surface area contributed by atoms with E-state index in [2.05, 4.69) is 0 Å². The fraction of sp³-hybridized carbons (Fsp3) is 0.133. The van der Waals surface area contributed by atoms with Crippen molar-refractivity contribution in [3.05, 3.63) is 57.6 Å². The molecule has 0 aliphatic carbocycles. The number of aldehydes is 1. The molecule has 0 saturated carbocycles. The minimum absolute atomic E-state index is 0.234. The highest BCUT2D eigenvalue weighted by Gasteiger charge is 2.09. The van der Waals surface area contributed by atoms with Gasteiger partial charge in [0, 0.05) is 11.1 Å². The zero-order chi connectivity index (χ0) is 14.5. The van der Waals surface area contributed by atoms with Gasteiger partial charge in [0.1, 0.15) is 12.9 Å². The number of hydrogen-bond acceptors (Lipinski definition) is 3. The van der Waals surface area contributed by atoms with Crippen molar-refractivity contribution in [3.8, 4) is 11.5 Å². The quantitative estimate of drug-likeness (QED) is 0.768. The summed E-state index contributed by atoms with van der Waals surface area (Å²) in [5.74, 6) is 1.03. The van der Waals surface area contributed by atoms with E-state index in [1.807, 2.05) is 6.07 Å². The van der Waals surface area contributed by atoms with E-state index in [-0.39, 0.29) is 6.61 Å². The SMILES string of the molecule is COc1ccc(C=O)cc1OCc1cccc(Cl)c1Cl. The van der Waals surface area contributed by atoms with Gasteiger partial charge in [0.15, 0.2) is 11.5 Å². The van der Waals surface area contributed by atoms with Gasteiger partial charge < -0.3 is 9.47 Å². The molecule has 2 aromatic carbocycles. The van der Waals surface area contributed by atoms with Crippen LogP contribution in [-0.2, 0) is 6.61 Å². The topological polar surface area (TPSA) is 35.5 Å². The summed E-state index contributed by atoms with van der Waals surface area (Å²) in [7, 11) is 1.54. The molecule has 0 saturated heterocycles. The van der Waals surface area contributed by atoms with Crippen molar-refractivity contribution < 1.29 is 14.3 Å². The Morgan fingerprint density at radius 1 is 1.15 bits per heavy atom. The number of carbonyl (C=O) groups is 1. The second-order valence-corrected chi connectivity index (χ2v) is 4.81. The number of benzene rings is 2. The molecule has 0 radical (unpaired) electrons. The van der Waals surface area contributed by atoms with Crippen molar-refractivity contribution in [2.45, 2.75) is 6.61 Å². The highest BCUT2D eigenvalue weighted by Crippen LogP contribution is 2.30. The third-order valence-corrected chi connectivity index (χ3v) is 3.60. The van der Waals surface area contributed by atoms with E-state index >= 15 is 0 Å². The molecule has 2 rings (SSSR count). The number of hydrogen-bond donors (Lipinski definition) is 0. The van der Waals surface area contributed by atoms with Crippen LogP contribution in [0.15, 0.2) is 36.4 Å². The van der Waals surface area contributed by atoms with Gasteiger partial charge in [-0.15, -0.1) is 0 Å². The maximum absolute atomic E-state index is 10.8. The first-order valence-electron chi connectivity index (χ1n) is 5.84. The molecule has 20 heavy (non-hydrogen) atoms. The normalized spacial score (nSPS) is 10.2. The average Bonchev–Trinajstić information content (AvgIpc) is 2.48. The predicted molar refractivity (Wildman–Crippen MR) is 79.2 cm³/mol. The van der Waals surface area contributed by atoms with Crippen LogP contribution in [0.4, 0.5) is 0 Å². The Kier molecular flexibility index (Phi) is 4.88. The van der Waals surface area contributed by atoms with Crippen molar-refractivity contribution >= 4 is 29.5 Å². The maximum Gasteiger partial charge on any atom is 0.162 e. The Morgan fingerprint density at radius 3 is 2.65 bits per heavy atom. The third-order valence-electron chi connectivity index (χ3n) is 2.74. The Balaban J connectivity index is 2.21. The lowest BCUT2D eigenvalue weighted by Gasteiger charge is -2.12. The van der Waals surface area contributed by atoms with Crippen LogP contribution in [0.3, 0.4) is 0 Å². The van der Waals surface area contributed by atoms with E-state index in [0.29, 0.717) is 27.1 Å². The molecular formula is C15H12Cl2O3. The smallest absolute Gasteiger partial charge is 0.162 e. The van der Waals surface area contributed by atoms with E-state index in [0.717, 1.165) is 11.8 Å². The van der Waals surface area contributed by atoms with Gasteiger partial charge in [-0.1, -0.05) is 35.3 Å². The predicted octanol–water partition coefficient (Wildman–Crippen LogP) is 4.39. The molecule has 0 aromatic heterocycles. The molecule has 104 valence electrons. The number of ether oxygens (including phenoxy) is 2. The molecule has 5 heteroatoms. The van der Waals surface area contributed by atoms with Crippen molar-refractivity contribution in [2.75, 3.05) is 7.11 Å². The van der Waals surface area contributed by atoms with Crippen LogP contribution in [0.1, 0.15) is 15.9 Å². The van der Waals surface area contributed by atoms with Gasteiger partial charge in [-0.3, -0.25) is 4.79 Å². The fourth-order valence-electron chi connectivity index (χ4n) is 1.69. The standard InChI is InChI=1S/C15H12Cl2O3/c1-19-13-6-5-10(8-18)7-14(13)20-9-11-3-2-4-12(16)15(11)17/h2-8H,9H2,1H3. The van der Waals surface area contributed by atoms with Gasteiger partial charge in [0.2, 0.25) is 0 Å². The number of methoxy groups -OCH3 is 1. The summed E-state index contributed by atoms with van der Waals surface area (Å²) in [5, 5.41) is 0.932. The maximum atomic E-state index is 10.8. The lowest BCUT2D eigenvalue weighted by molar-refractivity contribution is 0.112. The summed E-state index contributed by atoms with van der Waals surface area (Å²) in [6.07, 6.45) is 0.749. The summed E-state index contributed by atoms with van der Waals surface area (Å²) in [6, 6.07) is 10.3. The van der Waals surface area contributed by atoms with Crippen LogP contribution < -0.4 is 9.47 Å². The largest absolute Gasteiger partial charge is 0.493 e. The Bertz CT molecular complexity index is 627. The van der Waals surface area contributed by atoms with Gasteiger partial charge in [0.25, 0.3) is 0 Å². The van der Waals surface area contributed by atoms with Crippen molar-refractivity contribution in [2.24, 2.45) is 0 Å². The first-order chi connectivity index (χ1) is 9.65. The first-order valence-corrected chi connectivity index (χ1v) is 6.60. The van der Waals surface area contributed by atoms with Crippen molar-refractivity contribution in [1.29, 1.82) is 0 Å². The van der Waals surface area contributed by atoms with Crippen LogP contribution >= 0.6 is 23.2 Å². The van der Waals surface area contributed by atoms with Crippen LogP contribution in [0.25, 0.3) is 0 Å². The highest BCUT2D eigenvalue weighted by atomic mass is 35.5. The second kappa shape index (κ2) is 6.64. The summed E-state index contributed by atoms with van der Waals surface area (Å²) < 4.78 is 10.9. The first kappa shape index (κ1) is 14.7. The van der Waals surface area contributed by atoms with Crippen LogP contribution in [0.5, 0.6) is 11.5 Å². The fourth-order valence-corrected chi connectivity index (χ4v) is 2.07. The van der Waals surface area contributed by atoms with E-state index in [1.54, 1.807) is 30.3 Å². The van der Waals surface area contributed by atoms with E-state index < -0.39 is 0 Å². The van der Waals surface area contributed by atoms with Gasteiger partial charge >= 0.3 is 0 Å². The van der Waals surface area contributed by atoms with Gasteiger partial charge in [0.05, 0.1) is 17.2 Å². The van der Waals surface area contributed by atoms with Gasteiger partial charge in [-0.2, -0.15) is 0 Å². The number of carbonyl (C=O) groups excluding carboxylic acids is 1. The van der Waals surface area contributed by atoms with Gasteiger partial charge in [-0.05, 0) is 24.3 Å². The van der Waals surface area contributed by atoms with Crippen LogP contribution in [-0.4, -0.2) is 13.4 Å². The molecule has 0 unspecified atom stereocenters. The highest BCUT2D eigenvalue weighted by molar-refractivity contribution is 6.42. The number of halogens is 2. The molecule has 3 nitrogen and oxygen atoms in total. The average molecular weight is 311 g/mol. The Morgan fingerprint density at radius 2 is 1.95 bits per heavy atom. The zero-order valence-corrected chi connectivity index (χ0v) is 12.2. The molecule has 0 amide bonds. The molecule has 0 bridgehead atoms. The molecule has 0 heterocycles. The van der Waals surface area contributed by atoms with Gasteiger partial charge in [-0.25, -0.2) is 0 Å². The molecule has 0 fully saturated rings. The second-order valence-electron chi connectivity index (χ2n) is 4.03. The molecule has 0 atom stereocenters. The summed E-state index contributed by atoms with van der Waals surface area (Å²) in [6.45, 7) is 0.234. The molecule has 0 spiro atoms. The lowest BCUT2D eigenvalue weighted by atomic mass is 10.2. The van der Waals surface area contributed by atoms with Crippen LogP contribution in [0.2, 0.25) is 10.0 Å².